The van der Waals surface area contributed by atoms with Gasteiger partial charge in [0, 0.05) is 5.75 Å². The van der Waals surface area contributed by atoms with Gasteiger partial charge in [-0.3, -0.25) is 9.56 Å². The fraction of sp³-hybridized carbons (Fsp3) is 0.400. The van der Waals surface area contributed by atoms with E-state index in [-0.39, 0.29) is 0 Å². The Balaban J connectivity index is 2.28. The molecule has 1 aromatic rings. The molecular formula is C5H6N4S. The number of rotatable bonds is 0. The molecule has 2 rings (SSSR count). The molecular weight excluding hydrogens is 148 g/mol. The third-order valence-electron chi connectivity index (χ3n) is 1.21. The van der Waals surface area contributed by atoms with Crippen LogP contribution in [0.25, 0.3) is 0 Å². The van der Waals surface area contributed by atoms with Crippen LogP contribution < -0.4 is 0 Å². The molecule has 0 aromatic carbocycles. The lowest BCUT2D eigenvalue weighted by Gasteiger charge is -1.94. The second-order valence-electron chi connectivity index (χ2n) is 1.88. The van der Waals surface area contributed by atoms with Crippen molar-refractivity contribution in [1.29, 1.82) is 0 Å². The van der Waals surface area contributed by atoms with Gasteiger partial charge in [-0.15, -0.1) is 10.2 Å². The van der Waals surface area contributed by atoms with Gasteiger partial charge in [0.05, 0.1) is 6.54 Å². The predicted octanol–water partition coefficient (Wildman–Crippen LogP) is 0.229. The zero-order chi connectivity index (χ0) is 6.81. The standard InChI is InChI=1S/C5H6N4S/c1-2-10-5(6-1)9-3-7-8-4-9/h3-4H,1-2H2. The van der Waals surface area contributed by atoms with Crippen LogP contribution in [0, 0.1) is 0 Å². The average molecular weight is 154 g/mol. The van der Waals surface area contributed by atoms with E-state index in [2.05, 4.69) is 15.2 Å². The topological polar surface area (TPSA) is 43.1 Å². The van der Waals surface area contributed by atoms with E-state index >= 15 is 0 Å². The number of hydrogen-bond acceptors (Lipinski definition) is 4. The lowest BCUT2D eigenvalue weighted by Crippen LogP contribution is -2.01. The first-order valence-corrected chi connectivity index (χ1v) is 3.97. The minimum Gasteiger partial charge on any atom is -0.266 e. The Morgan fingerprint density at radius 2 is 2.20 bits per heavy atom. The molecule has 0 fully saturated rings. The monoisotopic (exact) mass is 154 g/mol. The summed E-state index contributed by atoms with van der Waals surface area (Å²) in [6, 6.07) is 0. The van der Waals surface area contributed by atoms with Gasteiger partial charge in [-0.05, 0) is 0 Å². The minimum absolute atomic E-state index is 0.915. The van der Waals surface area contributed by atoms with Crippen molar-refractivity contribution >= 4 is 16.9 Å². The Morgan fingerprint density at radius 1 is 1.40 bits per heavy atom. The van der Waals surface area contributed by atoms with Crippen LogP contribution in [0.3, 0.4) is 0 Å². The Kier molecular flexibility index (Phi) is 1.43. The highest BCUT2D eigenvalue weighted by Crippen LogP contribution is 2.12. The van der Waals surface area contributed by atoms with Crippen molar-refractivity contribution in [2.75, 3.05) is 12.3 Å². The molecule has 0 unspecified atom stereocenters. The largest absolute Gasteiger partial charge is 0.266 e. The van der Waals surface area contributed by atoms with Crippen LogP contribution in [0.2, 0.25) is 0 Å². The van der Waals surface area contributed by atoms with E-state index in [0.29, 0.717) is 0 Å². The summed E-state index contributed by atoms with van der Waals surface area (Å²) in [6.07, 6.45) is 3.33. The van der Waals surface area contributed by atoms with Crippen LogP contribution in [0.5, 0.6) is 0 Å². The summed E-state index contributed by atoms with van der Waals surface area (Å²) in [5.41, 5.74) is 0. The second-order valence-corrected chi connectivity index (χ2v) is 2.94. The van der Waals surface area contributed by atoms with Gasteiger partial charge in [0.15, 0.2) is 5.17 Å². The fourth-order valence-corrected chi connectivity index (χ4v) is 1.57. The Bertz CT molecular complexity index is 240. The molecule has 0 saturated heterocycles. The lowest BCUT2D eigenvalue weighted by molar-refractivity contribution is 1.09. The van der Waals surface area contributed by atoms with Crippen LogP contribution in [-0.2, 0) is 0 Å². The van der Waals surface area contributed by atoms with Crippen LogP contribution in [0.1, 0.15) is 0 Å². The van der Waals surface area contributed by atoms with Crippen molar-refractivity contribution in [1.82, 2.24) is 14.8 Å². The molecule has 0 saturated carbocycles. The lowest BCUT2D eigenvalue weighted by atomic mass is 10.8. The van der Waals surface area contributed by atoms with Crippen molar-refractivity contribution in [3.63, 3.8) is 0 Å². The second kappa shape index (κ2) is 2.42. The predicted molar refractivity (Wildman–Crippen MR) is 40.2 cm³/mol. The summed E-state index contributed by atoms with van der Waals surface area (Å²) in [5.74, 6) is 1.08. The Labute approximate surface area is 62.4 Å². The van der Waals surface area contributed by atoms with Crippen molar-refractivity contribution in [3.8, 4) is 0 Å². The average Bonchev–Trinajstić information content (AvgIpc) is 2.59. The molecule has 0 N–H and O–H groups in total. The number of thioether (sulfide) groups is 1. The van der Waals surface area contributed by atoms with Gasteiger partial charge >= 0.3 is 0 Å². The van der Waals surface area contributed by atoms with E-state index in [4.69, 9.17) is 0 Å². The van der Waals surface area contributed by atoms with Gasteiger partial charge in [0.2, 0.25) is 0 Å². The number of nitrogens with zero attached hydrogens (tertiary/aromatic N) is 4. The molecule has 10 heavy (non-hydrogen) atoms. The van der Waals surface area contributed by atoms with Crippen LogP contribution in [-0.4, -0.2) is 32.2 Å². The molecule has 0 aliphatic carbocycles. The van der Waals surface area contributed by atoms with Crippen LogP contribution >= 0.6 is 11.8 Å². The van der Waals surface area contributed by atoms with E-state index < -0.39 is 0 Å². The Hall–Kier alpha value is -0.840. The van der Waals surface area contributed by atoms with Crippen molar-refractivity contribution in [2.45, 2.75) is 0 Å². The zero-order valence-electron chi connectivity index (χ0n) is 5.27. The summed E-state index contributed by atoms with van der Waals surface area (Å²) < 4.78 is 1.83. The maximum absolute atomic E-state index is 4.24. The van der Waals surface area contributed by atoms with Gasteiger partial charge in [-0.1, -0.05) is 11.8 Å². The fourth-order valence-electron chi connectivity index (χ4n) is 0.780. The zero-order valence-corrected chi connectivity index (χ0v) is 6.08. The molecule has 1 aromatic heterocycles. The van der Waals surface area contributed by atoms with Gasteiger partial charge < -0.3 is 0 Å². The summed E-state index contributed by atoms with van der Waals surface area (Å²) in [6.45, 7) is 0.915. The molecule has 0 atom stereocenters. The van der Waals surface area contributed by atoms with Gasteiger partial charge in [-0.2, -0.15) is 0 Å². The van der Waals surface area contributed by atoms with E-state index in [0.717, 1.165) is 17.5 Å². The normalized spacial score (nSPS) is 17.4. The molecule has 0 bridgehead atoms. The molecule has 2 heterocycles. The molecule has 0 amide bonds. The van der Waals surface area contributed by atoms with Crippen molar-refractivity contribution < 1.29 is 0 Å². The van der Waals surface area contributed by atoms with E-state index in [9.17, 15) is 0 Å². The van der Waals surface area contributed by atoms with E-state index in [1.165, 1.54) is 0 Å². The highest BCUT2D eigenvalue weighted by molar-refractivity contribution is 8.14. The third kappa shape index (κ3) is 0.923. The molecule has 1 aliphatic rings. The summed E-state index contributed by atoms with van der Waals surface area (Å²) in [7, 11) is 0. The van der Waals surface area contributed by atoms with Crippen LogP contribution in [0.4, 0.5) is 0 Å². The van der Waals surface area contributed by atoms with Crippen molar-refractivity contribution in [2.24, 2.45) is 4.99 Å². The maximum atomic E-state index is 4.24. The van der Waals surface area contributed by atoms with Gasteiger partial charge in [-0.25, -0.2) is 0 Å². The quantitative estimate of drug-likeness (QED) is 0.537. The number of hydrogen-bond donors (Lipinski definition) is 0. The first-order chi connectivity index (χ1) is 4.97. The van der Waals surface area contributed by atoms with E-state index in [1.54, 1.807) is 24.4 Å². The molecule has 0 spiro atoms. The molecule has 52 valence electrons. The molecule has 5 heteroatoms. The Morgan fingerprint density at radius 3 is 2.80 bits per heavy atom. The first-order valence-electron chi connectivity index (χ1n) is 2.99. The molecule has 4 nitrogen and oxygen atoms in total. The van der Waals surface area contributed by atoms with Gasteiger partial charge in [0.1, 0.15) is 12.7 Å². The number of aromatic nitrogens is 3. The first kappa shape index (κ1) is 5.91. The van der Waals surface area contributed by atoms with E-state index in [1.807, 2.05) is 4.57 Å². The summed E-state index contributed by atoms with van der Waals surface area (Å²) >= 11 is 1.73. The highest BCUT2D eigenvalue weighted by atomic mass is 32.2. The minimum atomic E-state index is 0.915. The van der Waals surface area contributed by atoms with Gasteiger partial charge in [0.25, 0.3) is 0 Å². The van der Waals surface area contributed by atoms with Crippen LogP contribution in [0.15, 0.2) is 17.6 Å². The summed E-state index contributed by atoms with van der Waals surface area (Å²) in [5, 5.41) is 8.38. The highest BCUT2D eigenvalue weighted by Gasteiger charge is 2.07. The third-order valence-corrected chi connectivity index (χ3v) is 2.19. The molecule has 0 radical (unpaired) electrons. The smallest absolute Gasteiger partial charge is 0.170 e. The van der Waals surface area contributed by atoms with Crippen molar-refractivity contribution in [3.05, 3.63) is 12.7 Å². The SMILES string of the molecule is c1nncn1C1=NCCS1. The maximum Gasteiger partial charge on any atom is 0.170 e. The number of aliphatic imine (C=N–C) groups is 1. The summed E-state index contributed by atoms with van der Waals surface area (Å²) in [4.78, 5) is 4.24. The molecule has 1 aliphatic heterocycles.